The van der Waals surface area contributed by atoms with E-state index in [1.54, 1.807) is 0 Å². The van der Waals surface area contributed by atoms with Gasteiger partial charge in [-0.2, -0.15) is 0 Å². The van der Waals surface area contributed by atoms with Crippen LogP contribution in [0.4, 0.5) is 0 Å². The predicted octanol–water partition coefficient (Wildman–Crippen LogP) is -3.02. The third-order valence-electron chi connectivity index (χ3n) is 1.71. The summed E-state index contributed by atoms with van der Waals surface area (Å²) in [6, 6.07) is 0. The summed E-state index contributed by atoms with van der Waals surface area (Å²) >= 11 is 0. The monoisotopic (exact) mass is 239 g/mol. The van der Waals surface area contributed by atoms with Gasteiger partial charge in [-0.25, -0.2) is 0 Å². The lowest BCUT2D eigenvalue weighted by atomic mass is 10.0. The van der Waals surface area contributed by atoms with Crippen LogP contribution in [0.3, 0.4) is 0 Å². The van der Waals surface area contributed by atoms with Gasteiger partial charge < -0.3 is 36.1 Å². The van der Waals surface area contributed by atoms with Crippen molar-refractivity contribution in [2.45, 2.75) is 37.8 Å². The van der Waals surface area contributed by atoms with Crippen molar-refractivity contribution in [2.75, 3.05) is 13.2 Å². The first kappa shape index (κ1) is 17.8. The zero-order chi connectivity index (χ0) is 13.1. The van der Waals surface area contributed by atoms with Crippen LogP contribution in [0.1, 0.15) is 13.3 Å². The molecule has 7 nitrogen and oxygen atoms in total. The maximum atomic E-state index is 9.90. The van der Waals surface area contributed by atoms with E-state index in [0.717, 1.165) is 13.0 Å². The zero-order valence-corrected chi connectivity index (χ0v) is 9.23. The molecule has 0 aliphatic heterocycles. The van der Waals surface area contributed by atoms with Gasteiger partial charge in [-0.1, -0.05) is 6.92 Å². The van der Waals surface area contributed by atoms with Gasteiger partial charge in [-0.05, 0) is 13.0 Å². The van der Waals surface area contributed by atoms with E-state index in [-0.39, 0.29) is 6.29 Å². The Morgan fingerprint density at radius 1 is 1.19 bits per heavy atom. The summed E-state index contributed by atoms with van der Waals surface area (Å²) in [5.41, 5.74) is 5.03. The molecule has 0 radical (unpaired) electrons. The molecule has 0 heterocycles. The Hall–Kier alpha value is -0.570. The number of carbonyl (C=O) groups is 1. The molecule has 0 aliphatic rings. The van der Waals surface area contributed by atoms with Crippen LogP contribution in [-0.4, -0.2) is 69.4 Å². The summed E-state index contributed by atoms with van der Waals surface area (Å²) in [4.78, 5) is 9.90. The van der Waals surface area contributed by atoms with E-state index >= 15 is 0 Å². The first-order valence-electron chi connectivity index (χ1n) is 4.94. The largest absolute Gasteiger partial charge is 0.394 e. The van der Waals surface area contributed by atoms with Crippen molar-refractivity contribution in [2.24, 2.45) is 5.73 Å². The van der Waals surface area contributed by atoms with Crippen molar-refractivity contribution < 1.29 is 30.3 Å². The van der Waals surface area contributed by atoms with Gasteiger partial charge in [0, 0.05) is 0 Å². The fraction of sp³-hybridized carbons (Fsp3) is 0.889. The first-order chi connectivity index (χ1) is 7.45. The highest BCUT2D eigenvalue weighted by molar-refractivity contribution is 5.56. The molecule has 0 aromatic carbocycles. The van der Waals surface area contributed by atoms with Gasteiger partial charge in [0.1, 0.15) is 24.4 Å². The number of hydrogen-bond acceptors (Lipinski definition) is 7. The molecule has 0 bridgehead atoms. The van der Waals surface area contributed by atoms with Gasteiger partial charge in [0.2, 0.25) is 0 Å². The van der Waals surface area contributed by atoms with Gasteiger partial charge in [-0.3, -0.25) is 0 Å². The average molecular weight is 239 g/mol. The molecule has 0 aliphatic carbocycles. The van der Waals surface area contributed by atoms with Crippen molar-refractivity contribution in [3.63, 3.8) is 0 Å². The molecule has 0 spiro atoms. The van der Waals surface area contributed by atoms with Crippen molar-refractivity contribution in [3.05, 3.63) is 0 Å². The van der Waals surface area contributed by atoms with Crippen LogP contribution >= 0.6 is 0 Å². The van der Waals surface area contributed by atoms with Crippen LogP contribution in [-0.2, 0) is 4.79 Å². The van der Waals surface area contributed by atoms with Gasteiger partial charge in [0.15, 0.2) is 6.29 Å². The number of aliphatic hydroxyl groups excluding tert-OH is 5. The minimum Gasteiger partial charge on any atom is -0.394 e. The van der Waals surface area contributed by atoms with Crippen LogP contribution in [0.5, 0.6) is 0 Å². The molecule has 0 aromatic heterocycles. The molecular weight excluding hydrogens is 218 g/mol. The van der Waals surface area contributed by atoms with E-state index in [1.165, 1.54) is 0 Å². The molecular formula is C9H21NO6. The van der Waals surface area contributed by atoms with Gasteiger partial charge in [0.25, 0.3) is 0 Å². The number of aliphatic hydroxyl groups is 5. The van der Waals surface area contributed by atoms with E-state index in [4.69, 9.17) is 31.3 Å². The fourth-order valence-electron chi connectivity index (χ4n) is 0.618. The van der Waals surface area contributed by atoms with E-state index in [1.807, 2.05) is 0 Å². The average Bonchev–Trinajstić information content (AvgIpc) is 2.34. The van der Waals surface area contributed by atoms with Crippen molar-refractivity contribution in [1.82, 2.24) is 0 Å². The molecule has 0 saturated carbocycles. The van der Waals surface area contributed by atoms with E-state index in [0.29, 0.717) is 0 Å². The Labute approximate surface area is 94.1 Å². The zero-order valence-electron chi connectivity index (χ0n) is 9.23. The van der Waals surface area contributed by atoms with Crippen LogP contribution < -0.4 is 5.73 Å². The second-order valence-corrected chi connectivity index (χ2v) is 3.15. The summed E-state index contributed by atoms with van der Waals surface area (Å²) in [6.07, 6.45) is -5.74. The maximum Gasteiger partial charge on any atom is 0.151 e. The lowest BCUT2D eigenvalue weighted by Gasteiger charge is -2.22. The summed E-state index contributed by atoms with van der Waals surface area (Å²) < 4.78 is 0. The van der Waals surface area contributed by atoms with E-state index < -0.39 is 31.0 Å². The maximum absolute atomic E-state index is 9.90. The van der Waals surface area contributed by atoms with Crippen LogP contribution in [0.25, 0.3) is 0 Å². The summed E-state index contributed by atoms with van der Waals surface area (Å²) in [7, 11) is 0. The Kier molecular flexibility index (Phi) is 12.2. The Morgan fingerprint density at radius 3 is 1.88 bits per heavy atom. The van der Waals surface area contributed by atoms with Crippen LogP contribution in [0.2, 0.25) is 0 Å². The summed E-state index contributed by atoms with van der Waals surface area (Å²) in [5, 5.41) is 43.5. The smallest absolute Gasteiger partial charge is 0.151 e. The molecule has 0 unspecified atom stereocenters. The van der Waals surface area contributed by atoms with Gasteiger partial charge in [0.05, 0.1) is 6.61 Å². The molecule has 98 valence electrons. The number of nitrogens with two attached hydrogens (primary N) is 1. The van der Waals surface area contributed by atoms with E-state index in [2.05, 4.69) is 6.92 Å². The lowest BCUT2D eigenvalue weighted by molar-refractivity contribution is -0.136. The molecule has 0 aromatic rings. The highest BCUT2D eigenvalue weighted by Crippen LogP contribution is 2.02. The fourth-order valence-corrected chi connectivity index (χ4v) is 0.618. The number of hydrogen-bond donors (Lipinski definition) is 6. The van der Waals surface area contributed by atoms with Gasteiger partial charge >= 0.3 is 0 Å². The summed E-state index contributed by atoms with van der Waals surface area (Å²) in [5.74, 6) is 0. The van der Waals surface area contributed by atoms with Crippen molar-refractivity contribution in [1.29, 1.82) is 0 Å². The normalized spacial score (nSPS) is 17.7. The van der Waals surface area contributed by atoms with Crippen LogP contribution in [0, 0.1) is 0 Å². The standard InChI is InChI=1S/C6H12O6.C3H9N/c7-1-3(9)5(11)6(12)4(10)2-8;1-2-3-4/h1,3-6,8-12H,2H2;2-4H2,1H3/t3-,4+,5+,6-;/m0./s1. The molecule has 7 heteroatoms. The Bertz CT molecular complexity index is 166. The quantitative estimate of drug-likeness (QED) is 0.270. The van der Waals surface area contributed by atoms with E-state index in [9.17, 15) is 4.79 Å². The van der Waals surface area contributed by atoms with Gasteiger partial charge in [-0.15, -0.1) is 0 Å². The molecule has 0 fully saturated rings. The van der Waals surface area contributed by atoms with Crippen LogP contribution in [0.15, 0.2) is 0 Å². The molecule has 0 rings (SSSR count). The second-order valence-electron chi connectivity index (χ2n) is 3.15. The minimum atomic E-state index is -1.79. The predicted molar refractivity (Wildman–Crippen MR) is 56.5 cm³/mol. The lowest BCUT2D eigenvalue weighted by Crippen LogP contribution is -2.46. The third kappa shape index (κ3) is 7.69. The highest BCUT2D eigenvalue weighted by atomic mass is 16.4. The molecule has 7 N–H and O–H groups in total. The van der Waals surface area contributed by atoms with Crippen molar-refractivity contribution in [3.8, 4) is 0 Å². The Morgan fingerprint density at radius 2 is 1.62 bits per heavy atom. The molecule has 4 atom stereocenters. The summed E-state index contributed by atoms with van der Waals surface area (Å²) in [6.45, 7) is 2.11. The highest BCUT2D eigenvalue weighted by Gasteiger charge is 2.29. The molecule has 0 saturated heterocycles. The SMILES string of the molecule is CCCN.O=C[C@H](O)[C@@H](O)[C@@H](O)[C@H](O)CO. The van der Waals surface area contributed by atoms with Crippen molar-refractivity contribution >= 4 is 6.29 Å². The topological polar surface area (TPSA) is 144 Å². The minimum absolute atomic E-state index is 0.0258. The number of rotatable bonds is 6. The second kappa shape index (κ2) is 10.9. The Balaban J connectivity index is 0. The third-order valence-corrected chi connectivity index (χ3v) is 1.71. The number of aldehydes is 1. The molecule has 0 amide bonds. The number of carbonyl (C=O) groups excluding carboxylic acids is 1. The first-order valence-corrected chi connectivity index (χ1v) is 4.94. The molecule has 16 heavy (non-hydrogen) atoms.